The average molecular weight is 306 g/mol. The van der Waals surface area contributed by atoms with Gasteiger partial charge in [0, 0.05) is 26.2 Å². The Hall–Kier alpha value is -1.26. The fraction of sp³-hybridized carbons (Fsp3) is 0.667. The lowest BCUT2D eigenvalue weighted by atomic mass is 10.1. The van der Waals surface area contributed by atoms with E-state index >= 15 is 0 Å². The van der Waals surface area contributed by atoms with Gasteiger partial charge in [-0.15, -0.1) is 0 Å². The zero-order valence-corrected chi connectivity index (χ0v) is 14.5. The minimum atomic E-state index is -0.488. The Kier molecular flexibility index (Phi) is 5.35. The third-order valence-corrected chi connectivity index (χ3v) is 4.13. The van der Waals surface area contributed by atoms with Gasteiger partial charge < -0.3 is 19.6 Å². The largest absolute Gasteiger partial charge is 0.389 e. The van der Waals surface area contributed by atoms with E-state index in [-0.39, 0.29) is 5.60 Å². The van der Waals surface area contributed by atoms with Gasteiger partial charge in [-0.05, 0) is 46.2 Å². The van der Waals surface area contributed by atoms with Gasteiger partial charge in [0.1, 0.15) is 0 Å². The molecule has 1 aromatic carbocycles. The van der Waals surface area contributed by atoms with E-state index in [1.54, 1.807) is 0 Å². The number of hydrogen-bond donors (Lipinski definition) is 1. The van der Waals surface area contributed by atoms with Crippen molar-refractivity contribution in [3.63, 3.8) is 0 Å². The van der Waals surface area contributed by atoms with Crippen LogP contribution >= 0.6 is 0 Å². The summed E-state index contributed by atoms with van der Waals surface area (Å²) in [6.07, 6.45) is 0.594. The molecule has 0 saturated heterocycles. The summed E-state index contributed by atoms with van der Waals surface area (Å²) in [6, 6.07) is 8.83. The molecule has 0 aromatic heterocycles. The van der Waals surface area contributed by atoms with Gasteiger partial charge in [0.15, 0.2) is 0 Å². The molecule has 2 atom stereocenters. The number of hydrogen-bond acceptors (Lipinski definition) is 4. The molecule has 1 N–H and O–H groups in total. The normalized spacial score (nSPS) is 20.5. The first-order chi connectivity index (χ1) is 10.3. The monoisotopic (exact) mass is 306 g/mol. The van der Waals surface area contributed by atoms with Gasteiger partial charge in [-0.3, -0.25) is 0 Å². The number of rotatable bonds is 4. The third-order valence-electron chi connectivity index (χ3n) is 4.13. The average Bonchev–Trinajstić information content (AvgIpc) is 2.57. The van der Waals surface area contributed by atoms with Gasteiger partial charge in [0.25, 0.3) is 0 Å². The fourth-order valence-corrected chi connectivity index (χ4v) is 2.83. The minimum Gasteiger partial charge on any atom is -0.389 e. The quantitative estimate of drug-likeness (QED) is 0.928. The molecule has 0 aliphatic carbocycles. The number of ether oxygens (including phenoxy) is 1. The van der Waals surface area contributed by atoms with Gasteiger partial charge >= 0.3 is 0 Å². The Morgan fingerprint density at radius 1 is 1.27 bits per heavy atom. The Morgan fingerprint density at radius 2 is 1.91 bits per heavy atom. The number of nitrogens with zero attached hydrogens (tertiary/aromatic N) is 2. The van der Waals surface area contributed by atoms with Crippen molar-refractivity contribution in [2.45, 2.75) is 51.9 Å². The molecule has 0 spiro atoms. The first-order valence-corrected chi connectivity index (χ1v) is 8.17. The van der Waals surface area contributed by atoms with E-state index in [0.29, 0.717) is 19.2 Å². The summed E-state index contributed by atoms with van der Waals surface area (Å²) in [5, 5.41) is 10.4. The first-order valence-electron chi connectivity index (χ1n) is 8.17. The number of benzene rings is 1. The van der Waals surface area contributed by atoms with Crippen molar-refractivity contribution in [3.8, 4) is 0 Å². The van der Waals surface area contributed by atoms with Crippen LogP contribution < -0.4 is 9.80 Å². The molecule has 4 heteroatoms. The Balaban J connectivity index is 2.12. The molecule has 1 aromatic rings. The molecule has 0 fully saturated rings. The van der Waals surface area contributed by atoms with Crippen molar-refractivity contribution < 1.29 is 9.84 Å². The van der Waals surface area contributed by atoms with E-state index in [2.05, 4.69) is 48.0 Å². The van der Waals surface area contributed by atoms with Crippen LogP contribution in [0, 0.1) is 0 Å². The SMILES string of the molecule is C[C@H]1CCN(C)c2ccccc2N1C[C@@H](O)COC(C)(C)C. The maximum absolute atomic E-state index is 10.4. The molecule has 0 radical (unpaired) electrons. The predicted molar refractivity (Wildman–Crippen MR) is 92.8 cm³/mol. The molecular formula is C18H30N2O2. The number of fused-ring (bicyclic) bond motifs is 1. The summed E-state index contributed by atoms with van der Waals surface area (Å²) in [4.78, 5) is 4.61. The van der Waals surface area contributed by atoms with Crippen LogP contribution in [0.2, 0.25) is 0 Å². The summed E-state index contributed by atoms with van der Waals surface area (Å²) >= 11 is 0. The van der Waals surface area contributed by atoms with E-state index in [9.17, 15) is 5.11 Å². The van der Waals surface area contributed by atoms with Crippen molar-refractivity contribution in [2.24, 2.45) is 0 Å². The maximum atomic E-state index is 10.4. The molecule has 1 heterocycles. The second-order valence-electron chi connectivity index (χ2n) is 7.28. The van der Waals surface area contributed by atoms with Crippen molar-refractivity contribution in [3.05, 3.63) is 24.3 Å². The summed E-state index contributed by atoms with van der Waals surface area (Å²) in [7, 11) is 2.13. The number of aliphatic hydroxyl groups excluding tert-OH is 1. The van der Waals surface area contributed by atoms with Crippen molar-refractivity contribution in [2.75, 3.05) is 36.5 Å². The van der Waals surface area contributed by atoms with Crippen LogP contribution in [-0.2, 0) is 4.74 Å². The van der Waals surface area contributed by atoms with E-state index in [1.807, 2.05) is 20.8 Å². The highest BCUT2D eigenvalue weighted by Gasteiger charge is 2.25. The Morgan fingerprint density at radius 3 is 2.55 bits per heavy atom. The lowest BCUT2D eigenvalue weighted by Gasteiger charge is -2.33. The van der Waals surface area contributed by atoms with Gasteiger partial charge in [0.05, 0.1) is 29.7 Å². The van der Waals surface area contributed by atoms with Gasteiger partial charge in [0.2, 0.25) is 0 Å². The molecule has 124 valence electrons. The third kappa shape index (κ3) is 4.37. The number of para-hydroxylation sites is 2. The number of anilines is 2. The Labute approximate surface area is 134 Å². The van der Waals surface area contributed by atoms with Crippen LogP contribution in [0.1, 0.15) is 34.1 Å². The summed E-state index contributed by atoms with van der Waals surface area (Å²) in [5.41, 5.74) is 2.21. The van der Waals surface area contributed by atoms with Crippen LogP contribution in [0.5, 0.6) is 0 Å². The summed E-state index contributed by atoms with van der Waals surface area (Å²) < 4.78 is 5.72. The van der Waals surface area contributed by atoms with Crippen molar-refractivity contribution >= 4 is 11.4 Å². The van der Waals surface area contributed by atoms with Crippen LogP contribution in [0.25, 0.3) is 0 Å². The van der Waals surface area contributed by atoms with Crippen LogP contribution in [0.3, 0.4) is 0 Å². The molecule has 0 unspecified atom stereocenters. The van der Waals surface area contributed by atoms with Gasteiger partial charge in [-0.1, -0.05) is 12.1 Å². The standard InChI is InChI=1S/C18H30N2O2/c1-14-10-11-19(5)16-8-6-7-9-17(16)20(14)12-15(21)13-22-18(2,3)4/h6-9,14-15,21H,10-13H2,1-5H3/t14-,15+/m0/s1. The molecule has 2 rings (SSSR count). The molecule has 0 amide bonds. The highest BCUT2D eigenvalue weighted by molar-refractivity contribution is 5.72. The Bertz CT molecular complexity index is 484. The molecular weight excluding hydrogens is 276 g/mol. The predicted octanol–water partition coefficient (Wildman–Crippen LogP) is 2.90. The van der Waals surface area contributed by atoms with Crippen LogP contribution in [-0.4, -0.2) is 49.6 Å². The fourth-order valence-electron chi connectivity index (χ4n) is 2.83. The lowest BCUT2D eigenvalue weighted by Crippen LogP contribution is -2.41. The second-order valence-corrected chi connectivity index (χ2v) is 7.28. The lowest BCUT2D eigenvalue weighted by molar-refractivity contribution is -0.0466. The molecule has 4 nitrogen and oxygen atoms in total. The number of β-amino-alcohol motifs (C(OH)–C–C–N with tert-alkyl or cyclic N) is 1. The van der Waals surface area contributed by atoms with E-state index < -0.39 is 6.10 Å². The maximum Gasteiger partial charge on any atom is 0.0948 e. The molecule has 0 bridgehead atoms. The van der Waals surface area contributed by atoms with Crippen molar-refractivity contribution in [1.82, 2.24) is 0 Å². The summed E-state index contributed by atoms with van der Waals surface area (Å²) in [5.74, 6) is 0. The molecule has 1 aliphatic heterocycles. The molecule has 0 saturated carbocycles. The first kappa shape index (κ1) is 17.1. The number of aliphatic hydroxyl groups is 1. The second kappa shape index (κ2) is 6.88. The highest BCUT2D eigenvalue weighted by Crippen LogP contribution is 2.33. The van der Waals surface area contributed by atoms with Gasteiger partial charge in [-0.2, -0.15) is 0 Å². The van der Waals surface area contributed by atoms with E-state index in [0.717, 1.165) is 13.0 Å². The molecule has 1 aliphatic rings. The molecule has 22 heavy (non-hydrogen) atoms. The topological polar surface area (TPSA) is 35.9 Å². The zero-order valence-electron chi connectivity index (χ0n) is 14.5. The van der Waals surface area contributed by atoms with E-state index in [1.165, 1.54) is 11.4 Å². The van der Waals surface area contributed by atoms with Crippen LogP contribution in [0.15, 0.2) is 24.3 Å². The zero-order chi connectivity index (χ0) is 16.3. The van der Waals surface area contributed by atoms with E-state index in [4.69, 9.17) is 4.74 Å². The van der Waals surface area contributed by atoms with Crippen molar-refractivity contribution in [1.29, 1.82) is 0 Å². The minimum absolute atomic E-state index is 0.219. The smallest absolute Gasteiger partial charge is 0.0948 e. The van der Waals surface area contributed by atoms with Crippen LogP contribution in [0.4, 0.5) is 11.4 Å². The summed E-state index contributed by atoms with van der Waals surface area (Å²) in [6.45, 7) is 10.3. The van der Waals surface area contributed by atoms with Gasteiger partial charge in [-0.25, -0.2) is 0 Å². The highest BCUT2D eigenvalue weighted by atomic mass is 16.5.